The predicted octanol–water partition coefficient (Wildman–Crippen LogP) is 2.83. The van der Waals surface area contributed by atoms with Crippen molar-refractivity contribution >= 4 is 50.9 Å². The molecule has 0 spiro atoms. The highest BCUT2D eigenvalue weighted by Gasteiger charge is 2.36. The Morgan fingerprint density at radius 2 is 1.97 bits per heavy atom. The maximum atomic E-state index is 12.5. The van der Waals surface area contributed by atoms with Gasteiger partial charge in [-0.3, -0.25) is 9.52 Å². The minimum atomic E-state index is -3.95. The number of carbonyl (C=O) groups excluding carboxylic acids is 2. The number of benzene rings is 1. The van der Waals surface area contributed by atoms with Crippen LogP contribution in [0, 0.1) is 24.2 Å². The number of rotatable bonds is 7. The Morgan fingerprint density at radius 1 is 1.27 bits per heavy atom. The average molecular weight is 511 g/mol. The van der Waals surface area contributed by atoms with Gasteiger partial charge in [-0.05, 0) is 37.6 Å². The monoisotopic (exact) mass is 510 g/mol. The van der Waals surface area contributed by atoms with E-state index in [1.54, 1.807) is 18.7 Å². The molecule has 0 aliphatic carbocycles. The second kappa shape index (κ2) is 9.95. The van der Waals surface area contributed by atoms with E-state index in [4.69, 9.17) is 27.9 Å². The van der Waals surface area contributed by atoms with Crippen molar-refractivity contribution in [3.8, 4) is 6.07 Å². The fourth-order valence-electron chi connectivity index (χ4n) is 3.27. The highest BCUT2D eigenvalue weighted by atomic mass is 35.5. The smallest absolute Gasteiger partial charge is 0.340 e. The van der Waals surface area contributed by atoms with E-state index in [2.05, 4.69) is 9.71 Å². The van der Waals surface area contributed by atoms with Crippen LogP contribution in [-0.4, -0.2) is 45.0 Å². The molecule has 174 valence electrons. The number of nitriles is 1. The normalized spacial score (nSPS) is 13.7. The zero-order chi connectivity index (χ0) is 24.3. The largest absolute Gasteiger partial charge is 0.462 e. The molecule has 1 N–H and O–H groups in total. The molecule has 0 saturated carbocycles. The standard InChI is InChI=1S/C21H20Cl2N4O5S/c1-3-32-21(29)16-7-14(8-24)19(25-12(16)2)27-9-15(10-27)20(28)26-33(30,31)11-13-4-5-17(22)18(23)6-13/h4-7,15H,3,9-11H2,1-2H3,(H,26,28). The van der Waals surface area contributed by atoms with E-state index < -0.39 is 33.6 Å². The first-order chi connectivity index (χ1) is 15.5. The molecule has 0 bridgehead atoms. The van der Waals surface area contributed by atoms with Gasteiger partial charge in [0.25, 0.3) is 0 Å². The van der Waals surface area contributed by atoms with Crippen molar-refractivity contribution < 1.29 is 22.7 Å². The maximum absolute atomic E-state index is 12.5. The Bertz CT molecular complexity index is 1250. The molecule has 2 heterocycles. The van der Waals surface area contributed by atoms with E-state index in [0.29, 0.717) is 22.1 Å². The number of halogens is 2. The van der Waals surface area contributed by atoms with Gasteiger partial charge in [0, 0.05) is 13.1 Å². The summed E-state index contributed by atoms with van der Waals surface area (Å²) in [6.45, 7) is 3.84. The average Bonchev–Trinajstić information content (AvgIpc) is 2.69. The molecule has 1 amide bonds. The highest BCUT2D eigenvalue weighted by molar-refractivity contribution is 7.89. The van der Waals surface area contributed by atoms with Crippen molar-refractivity contribution in [1.82, 2.24) is 9.71 Å². The van der Waals surface area contributed by atoms with Crippen LogP contribution in [0.25, 0.3) is 0 Å². The lowest BCUT2D eigenvalue weighted by atomic mass is 9.98. The number of nitrogens with one attached hydrogen (secondary N) is 1. The van der Waals surface area contributed by atoms with Crippen LogP contribution in [0.5, 0.6) is 0 Å². The molecular weight excluding hydrogens is 491 g/mol. The second-order valence-corrected chi connectivity index (χ2v) is 9.94. The van der Waals surface area contributed by atoms with E-state index in [0.717, 1.165) is 0 Å². The summed E-state index contributed by atoms with van der Waals surface area (Å²) in [5, 5.41) is 9.99. The minimum absolute atomic E-state index is 0.162. The van der Waals surface area contributed by atoms with Crippen LogP contribution < -0.4 is 9.62 Å². The number of hydrogen-bond donors (Lipinski definition) is 1. The molecular formula is C21H20Cl2N4O5S. The molecule has 33 heavy (non-hydrogen) atoms. The fraction of sp³-hybridized carbons (Fsp3) is 0.333. The van der Waals surface area contributed by atoms with Gasteiger partial charge in [0.1, 0.15) is 11.9 Å². The molecule has 1 aromatic heterocycles. The number of nitrogens with zero attached hydrogens (tertiary/aromatic N) is 3. The summed E-state index contributed by atoms with van der Waals surface area (Å²) in [6, 6.07) is 7.83. The van der Waals surface area contributed by atoms with Crippen molar-refractivity contribution in [3.05, 3.63) is 56.7 Å². The predicted molar refractivity (Wildman–Crippen MR) is 123 cm³/mol. The molecule has 1 aliphatic heterocycles. The summed E-state index contributed by atoms with van der Waals surface area (Å²) in [5.41, 5.74) is 1.13. The van der Waals surface area contributed by atoms with Gasteiger partial charge in [-0.1, -0.05) is 29.3 Å². The van der Waals surface area contributed by atoms with Crippen LogP contribution in [0.1, 0.15) is 34.1 Å². The number of ether oxygens (including phenoxy) is 1. The zero-order valence-electron chi connectivity index (χ0n) is 17.8. The highest BCUT2D eigenvalue weighted by Crippen LogP contribution is 2.28. The molecule has 1 aliphatic rings. The van der Waals surface area contributed by atoms with Gasteiger partial charge in [-0.25, -0.2) is 18.2 Å². The van der Waals surface area contributed by atoms with Crippen LogP contribution in [0.15, 0.2) is 24.3 Å². The van der Waals surface area contributed by atoms with E-state index in [9.17, 15) is 23.3 Å². The molecule has 1 saturated heterocycles. The molecule has 2 aromatic rings. The number of amides is 1. The van der Waals surface area contributed by atoms with Gasteiger partial charge in [-0.15, -0.1) is 0 Å². The van der Waals surface area contributed by atoms with Crippen molar-refractivity contribution in [2.24, 2.45) is 5.92 Å². The molecule has 0 atom stereocenters. The molecule has 3 rings (SSSR count). The van der Waals surface area contributed by atoms with Crippen LogP contribution in [0.2, 0.25) is 10.0 Å². The first kappa shape index (κ1) is 24.8. The third kappa shape index (κ3) is 5.74. The van der Waals surface area contributed by atoms with E-state index >= 15 is 0 Å². The van der Waals surface area contributed by atoms with Gasteiger partial charge in [0.05, 0.1) is 45.1 Å². The molecule has 9 nitrogen and oxygen atoms in total. The first-order valence-corrected chi connectivity index (χ1v) is 12.3. The van der Waals surface area contributed by atoms with Crippen LogP contribution in [0.4, 0.5) is 5.82 Å². The Labute approximate surface area is 201 Å². The number of esters is 1. The third-order valence-electron chi connectivity index (χ3n) is 4.96. The Balaban J connectivity index is 1.65. The quantitative estimate of drug-likeness (QED) is 0.562. The maximum Gasteiger partial charge on any atom is 0.340 e. The van der Waals surface area contributed by atoms with Crippen molar-refractivity contribution in [2.75, 3.05) is 24.6 Å². The van der Waals surface area contributed by atoms with Crippen molar-refractivity contribution in [1.29, 1.82) is 5.26 Å². The van der Waals surface area contributed by atoms with E-state index in [1.165, 1.54) is 24.3 Å². The lowest BCUT2D eigenvalue weighted by Gasteiger charge is -2.39. The first-order valence-electron chi connectivity index (χ1n) is 9.86. The fourth-order valence-corrected chi connectivity index (χ4v) is 4.75. The van der Waals surface area contributed by atoms with Crippen LogP contribution in [0.3, 0.4) is 0 Å². The lowest BCUT2D eigenvalue weighted by molar-refractivity contribution is -0.123. The third-order valence-corrected chi connectivity index (χ3v) is 6.92. The molecule has 0 radical (unpaired) electrons. The minimum Gasteiger partial charge on any atom is -0.462 e. The number of carbonyl (C=O) groups is 2. The number of anilines is 1. The van der Waals surface area contributed by atoms with E-state index in [1.807, 2.05) is 6.07 Å². The van der Waals surface area contributed by atoms with Gasteiger partial charge < -0.3 is 9.64 Å². The van der Waals surface area contributed by atoms with E-state index in [-0.39, 0.29) is 35.8 Å². The summed E-state index contributed by atoms with van der Waals surface area (Å²) in [6.07, 6.45) is 0. The number of aryl methyl sites for hydroxylation is 1. The van der Waals surface area contributed by atoms with Crippen molar-refractivity contribution in [2.45, 2.75) is 19.6 Å². The lowest BCUT2D eigenvalue weighted by Crippen LogP contribution is -2.55. The van der Waals surface area contributed by atoms with Gasteiger partial charge in [0.15, 0.2) is 0 Å². The Hall–Kier alpha value is -2.87. The zero-order valence-corrected chi connectivity index (χ0v) is 20.1. The second-order valence-electron chi connectivity index (χ2n) is 7.40. The molecule has 0 unspecified atom stereocenters. The van der Waals surface area contributed by atoms with Crippen LogP contribution >= 0.6 is 23.2 Å². The number of sulfonamides is 1. The Kier molecular flexibility index (Phi) is 7.47. The van der Waals surface area contributed by atoms with Gasteiger partial charge >= 0.3 is 5.97 Å². The number of aromatic nitrogens is 1. The Morgan fingerprint density at radius 3 is 2.58 bits per heavy atom. The summed E-state index contributed by atoms with van der Waals surface area (Å²) >= 11 is 11.7. The van der Waals surface area contributed by atoms with Gasteiger partial charge in [0.2, 0.25) is 15.9 Å². The molecule has 1 aromatic carbocycles. The van der Waals surface area contributed by atoms with Crippen molar-refractivity contribution in [3.63, 3.8) is 0 Å². The van der Waals surface area contributed by atoms with Gasteiger partial charge in [-0.2, -0.15) is 5.26 Å². The summed E-state index contributed by atoms with van der Waals surface area (Å²) in [7, 11) is -3.95. The SMILES string of the molecule is CCOC(=O)c1cc(C#N)c(N2CC(C(=O)NS(=O)(=O)Cc3ccc(Cl)c(Cl)c3)C2)nc1C. The molecule has 1 fully saturated rings. The molecule has 12 heteroatoms. The summed E-state index contributed by atoms with van der Waals surface area (Å²) in [5.74, 6) is -1.93. The summed E-state index contributed by atoms with van der Waals surface area (Å²) < 4.78 is 31.8. The number of pyridine rings is 1. The number of hydrogen-bond acceptors (Lipinski definition) is 8. The topological polar surface area (TPSA) is 129 Å². The summed E-state index contributed by atoms with van der Waals surface area (Å²) in [4.78, 5) is 30.5. The van der Waals surface area contributed by atoms with Crippen LogP contribution in [-0.2, 0) is 25.3 Å².